The zero-order valence-electron chi connectivity index (χ0n) is 12.3. The van der Waals surface area contributed by atoms with Crippen LogP contribution in [0, 0.1) is 17.8 Å². The van der Waals surface area contributed by atoms with Crippen LogP contribution in [0.5, 0.6) is 0 Å². The van der Waals surface area contributed by atoms with Crippen LogP contribution in [0.1, 0.15) is 33.6 Å². The van der Waals surface area contributed by atoms with Crippen molar-refractivity contribution in [1.29, 1.82) is 0 Å². The molecule has 0 aromatic carbocycles. The lowest BCUT2D eigenvalue weighted by atomic mass is 9.75. The maximum absolute atomic E-state index is 3.63. The Kier molecular flexibility index (Phi) is 6.21. The minimum atomic E-state index is 0.736. The molecule has 0 radical (unpaired) electrons. The summed E-state index contributed by atoms with van der Waals surface area (Å²) in [5, 5.41) is 3.63. The molecule has 0 saturated carbocycles. The van der Waals surface area contributed by atoms with Gasteiger partial charge in [-0.15, -0.1) is 0 Å². The number of hydrogen-bond acceptors (Lipinski definition) is 2. The van der Waals surface area contributed by atoms with E-state index >= 15 is 0 Å². The fourth-order valence-corrected chi connectivity index (χ4v) is 2.99. The smallest absolute Gasteiger partial charge is 0.00123 e. The summed E-state index contributed by atoms with van der Waals surface area (Å²) in [5.74, 6) is 2.38. The number of hydrogen-bond donors (Lipinski definition) is 1. The van der Waals surface area contributed by atoms with Crippen molar-refractivity contribution in [2.24, 2.45) is 17.8 Å². The van der Waals surface area contributed by atoms with E-state index in [1.165, 1.54) is 25.9 Å². The minimum Gasteiger partial charge on any atom is -0.316 e. The molecule has 2 heteroatoms. The van der Waals surface area contributed by atoms with Gasteiger partial charge in [-0.25, -0.2) is 0 Å². The Bertz CT molecular complexity index is 245. The first-order valence-electron chi connectivity index (χ1n) is 7.03. The molecule has 3 atom stereocenters. The van der Waals surface area contributed by atoms with Crippen molar-refractivity contribution in [2.45, 2.75) is 33.6 Å². The van der Waals surface area contributed by atoms with Crippen molar-refractivity contribution >= 4 is 0 Å². The van der Waals surface area contributed by atoms with E-state index in [1.807, 2.05) is 0 Å². The second-order valence-corrected chi connectivity index (χ2v) is 6.08. The van der Waals surface area contributed by atoms with E-state index in [1.54, 1.807) is 5.57 Å². The van der Waals surface area contributed by atoms with E-state index in [4.69, 9.17) is 0 Å². The molecule has 0 aromatic heterocycles. The predicted molar refractivity (Wildman–Crippen MR) is 76.2 cm³/mol. The molecule has 1 N–H and O–H groups in total. The van der Waals surface area contributed by atoms with Crippen LogP contribution in [0.4, 0.5) is 0 Å². The maximum Gasteiger partial charge on any atom is -0.00123 e. The highest BCUT2D eigenvalue weighted by molar-refractivity contribution is 5.08. The van der Waals surface area contributed by atoms with Gasteiger partial charge in [0.05, 0.1) is 0 Å². The lowest BCUT2D eigenvalue weighted by Gasteiger charge is -2.33. The van der Waals surface area contributed by atoms with E-state index in [0.29, 0.717) is 0 Å². The molecule has 1 aliphatic carbocycles. The SMILES string of the molecule is CC1=C[C@H](C)[C@@H](CNCCCN(C)C)[C@@H](C)C1. The third-order valence-electron chi connectivity index (χ3n) is 3.94. The average Bonchev–Trinajstić information content (AvgIpc) is 2.20. The molecule has 100 valence electrons. The number of allylic oxidation sites excluding steroid dienone is 2. The van der Waals surface area contributed by atoms with Crippen LogP contribution < -0.4 is 5.32 Å². The van der Waals surface area contributed by atoms with E-state index in [2.05, 4.69) is 51.2 Å². The molecular weight excluding hydrogens is 208 g/mol. The number of rotatable bonds is 6. The highest BCUT2D eigenvalue weighted by Crippen LogP contribution is 2.32. The average molecular weight is 238 g/mol. The molecule has 0 aliphatic heterocycles. The lowest BCUT2D eigenvalue weighted by molar-refractivity contribution is 0.260. The molecular formula is C15H30N2. The second kappa shape index (κ2) is 7.17. The van der Waals surface area contributed by atoms with Crippen LogP contribution >= 0.6 is 0 Å². The van der Waals surface area contributed by atoms with Crippen molar-refractivity contribution < 1.29 is 0 Å². The van der Waals surface area contributed by atoms with Gasteiger partial charge >= 0.3 is 0 Å². The first-order chi connectivity index (χ1) is 8.00. The van der Waals surface area contributed by atoms with E-state index in [0.717, 1.165) is 24.3 Å². The van der Waals surface area contributed by atoms with Gasteiger partial charge in [0, 0.05) is 0 Å². The Morgan fingerprint density at radius 3 is 2.65 bits per heavy atom. The summed E-state index contributed by atoms with van der Waals surface area (Å²) < 4.78 is 0. The van der Waals surface area contributed by atoms with E-state index in [-0.39, 0.29) is 0 Å². The fourth-order valence-electron chi connectivity index (χ4n) is 2.99. The molecule has 0 aromatic rings. The first-order valence-corrected chi connectivity index (χ1v) is 7.03. The van der Waals surface area contributed by atoms with Crippen molar-refractivity contribution in [3.05, 3.63) is 11.6 Å². The van der Waals surface area contributed by atoms with Crippen LogP contribution in [0.15, 0.2) is 11.6 Å². The zero-order chi connectivity index (χ0) is 12.8. The van der Waals surface area contributed by atoms with Gasteiger partial charge in [0.2, 0.25) is 0 Å². The molecule has 0 heterocycles. The van der Waals surface area contributed by atoms with Crippen LogP contribution in [-0.4, -0.2) is 38.6 Å². The van der Waals surface area contributed by atoms with Gasteiger partial charge in [0.1, 0.15) is 0 Å². The monoisotopic (exact) mass is 238 g/mol. The summed E-state index contributed by atoms with van der Waals surface area (Å²) in [5.41, 5.74) is 1.58. The van der Waals surface area contributed by atoms with Gasteiger partial charge < -0.3 is 10.2 Å². The molecule has 1 rings (SSSR count). The van der Waals surface area contributed by atoms with Crippen LogP contribution in [0.3, 0.4) is 0 Å². The minimum absolute atomic E-state index is 0.736. The van der Waals surface area contributed by atoms with Crippen molar-refractivity contribution in [2.75, 3.05) is 33.7 Å². The van der Waals surface area contributed by atoms with E-state index < -0.39 is 0 Å². The highest BCUT2D eigenvalue weighted by atomic mass is 15.1. The Balaban J connectivity index is 2.22. The fraction of sp³-hybridized carbons (Fsp3) is 0.867. The van der Waals surface area contributed by atoms with Gasteiger partial charge in [-0.3, -0.25) is 0 Å². The van der Waals surface area contributed by atoms with Gasteiger partial charge in [0.25, 0.3) is 0 Å². The second-order valence-electron chi connectivity index (χ2n) is 6.08. The van der Waals surface area contributed by atoms with E-state index in [9.17, 15) is 0 Å². The van der Waals surface area contributed by atoms with Gasteiger partial charge in [-0.2, -0.15) is 0 Å². The Morgan fingerprint density at radius 2 is 2.06 bits per heavy atom. The highest BCUT2D eigenvalue weighted by Gasteiger charge is 2.25. The van der Waals surface area contributed by atoms with Crippen LogP contribution in [0.25, 0.3) is 0 Å². The molecule has 0 spiro atoms. The maximum atomic E-state index is 3.63. The third kappa shape index (κ3) is 5.22. The molecule has 0 fully saturated rings. The molecule has 0 amide bonds. The first kappa shape index (κ1) is 14.7. The van der Waals surface area contributed by atoms with Crippen LogP contribution in [-0.2, 0) is 0 Å². The third-order valence-corrected chi connectivity index (χ3v) is 3.94. The standard InChI is InChI=1S/C15H30N2/c1-12-9-13(2)15(14(3)10-12)11-16-7-6-8-17(4)5/h9,13-16H,6-8,10-11H2,1-5H3/t13-,14-,15+/m0/s1. The van der Waals surface area contributed by atoms with Crippen molar-refractivity contribution in [3.8, 4) is 0 Å². The Labute approximate surface area is 107 Å². The molecule has 0 unspecified atom stereocenters. The topological polar surface area (TPSA) is 15.3 Å². The van der Waals surface area contributed by atoms with Crippen molar-refractivity contribution in [3.63, 3.8) is 0 Å². The predicted octanol–water partition coefficient (Wildman–Crippen LogP) is 2.77. The summed E-state index contributed by atoms with van der Waals surface area (Å²) in [6.45, 7) is 10.6. The number of nitrogens with one attached hydrogen (secondary N) is 1. The lowest BCUT2D eigenvalue weighted by Crippen LogP contribution is -2.34. The normalized spacial score (nSPS) is 29.5. The number of nitrogens with zero attached hydrogens (tertiary/aromatic N) is 1. The summed E-state index contributed by atoms with van der Waals surface area (Å²) in [6, 6.07) is 0. The zero-order valence-corrected chi connectivity index (χ0v) is 12.3. The van der Waals surface area contributed by atoms with Gasteiger partial charge in [-0.1, -0.05) is 25.5 Å². The summed E-state index contributed by atoms with van der Waals surface area (Å²) in [7, 11) is 4.28. The van der Waals surface area contributed by atoms with Gasteiger partial charge in [0.15, 0.2) is 0 Å². The molecule has 0 saturated heterocycles. The van der Waals surface area contributed by atoms with Crippen LogP contribution in [0.2, 0.25) is 0 Å². The molecule has 1 aliphatic rings. The summed E-state index contributed by atoms with van der Waals surface area (Å²) >= 11 is 0. The largest absolute Gasteiger partial charge is 0.316 e. The Morgan fingerprint density at radius 1 is 1.35 bits per heavy atom. The Hall–Kier alpha value is -0.340. The van der Waals surface area contributed by atoms with Crippen molar-refractivity contribution in [1.82, 2.24) is 10.2 Å². The van der Waals surface area contributed by atoms with Gasteiger partial charge in [-0.05, 0) is 71.2 Å². The molecule has 17 heavy (non-hydrogen) atoms. The molecule has 0 bridgehead atoms. The quantitative estimate of drug-likeness (QED) is 0.565. The summed E-state index contributed by atoms with van der Waals surface area (Å²) in [6.07, 6.45) is 5.00. The summed E-state index contributed by atoms with van der Waals surface area (Å²) in [4.78, 5) is 2.25. The molecule has 2 nitrogen and oxygen atoms in total.